The number of carbonyl (C=O) groups excluding carboxylic acids is 1. The van der Waals surface area contributed by atoms with Crippen LogP contribution in [0.1, 0.15) is 46.5 Å². The van der Waals surface area contributed by atoms with Crippen molar-refractivity contribution in [2.45, 2.75) is 33.6 Å². The van der Waals surface area contributed by atoms with E-state index in [2.05, 4.69) is 26.0 Å². The van der Waals surface area contributed by atoms with Gasteiger partial charge in [-0.25, -0.2) is 0 Å². The number of hydrogen-bond donors (Lipinski definition) is 1. The minimum Gasteiger partial charge on any atom is -0.398 e. The molecule has 2 nitrogen and oxygen atoms in total. The van der Waals surface area contributed by atoms with Crippen LogP contribution in [0.2, 0.25) is 0 Å². The van der Waals surface area contributed by atoms with E-state index in [1.807, 2.05) is 25.1 Å². The summed E-state index contributed by atoms with van der Waals surface area (Å²) in [6.07, 6.45) is 1.78. The van der Waals surface area contributed by atoms with Crippen molar-refractivity contribution in [3.8, 4) is 0 Å². The Kier molecular flexibility index (Phi) is 4.23. The molecule has 0 atom stereocenters. The van der Waals surface area contributed by atoms with E-state index in [9.17, 15) is 4.79 Å². The Bertz CT molecular complexity index is 644. The van der Waals surface area contributed by atoms with E-state index in [-0.39, 0.29) is 5.78 Å². The lowest BCUT2D eigenvalue weighted by atomic mass is 9.94. The molecule has 0 bridgehead atoms. The molecule has 0 heterocycles. The Morgan fingerprint density at radius 3 is 2.40 bits per heavy atom. The third-order valence-electron chi connectivity index (χ3n) is 3.75. The molecule has 0 fully saturated rings. The Morgan fingerprint density at radius 1 is 1.05 bits per heavy atom. The predicted octanol–water partition coefficient (Wildman–Crippen LogP) is 3.93. The van der Waals surface area contributed by atoms with Crippen LogP contribution in [0.15, 0.2) is 36.4 Å². The number of nitrogen functional groups attached to an aromatic ring is 1. The van der Waals surface area contributed by atoms with Crippen molar-refractivity contribution in [1.29, 1.82) is 0 Å². The summed E-state index contributed by atoms with van der Waals surface area (Å²) in [5.74, 6) is 0.0591. The van der Waals surface area contributed by atoms with Crippen LogP contribution in [0.25, 0.3) is 0 Å². The van der Waals surface area contributed by atoms with E-state index in [1.54, 1.807) is 6.07 Å². The van der Waals surface area contributed by atoms with Gasteiger partial charge in [-0.3, -0.25) is 4.79 Å². The quantitative estimate of drug-likeness (QED) is 0.673. The lowest BCUT2D eigenvalue weighted by Crippen LogP contribution is -2.07. The lowest BCUT2D eigenvalue weighted by molar-refractivity contribution is 0.103. The number of benzene rings is 2. The van der Waals surface area contributed by atoms with E-state index >= 15 is 0 Å². The van der Waals surface area contributed by atoms with Crippen LogP contribution in [0.4, 0.5) is 5.69 Å². The summed E-state index contributed by atoms with van der Waals surface area (Å²) in [7, 11) is 0. The number of hydrogen-bond acceptors (Lipinski definition) is 2. The first-order valence-corrected chi connectivity index (χ1v) is 7.09. The van der Waals surface area contributed by atoms with Crippen LogP contribution < -0.4 is 5.73 Å². The fourth-order valence-electron chi connectivity index (χ4n) is 2.30. The summed E-state index contributed by atoms with van der Waals surface area (Å²) >= 11 is 0. The second-order valence-corrected chi connectivity index (χ2v) is 5.10. The minimum atomic E-state index is 0.0591. The van der Waals surface area contributed by atoms with Gasteiger partial charge in [-0.2, -0.15) is 0 Å². The summed E-state index contributed by atoms with van der Waals surface area (Å²) in [5, 5.41) is 0. The summed E-state index contributed by atoms with van der Waals surface area (Å²) in [6.45, 7) is 6.11. The van der Waals surface area contributed by atoms with Gasteiger partial charge in [-0.15, -0.1) is 0 Å². The van der Waals surface area contributed by atoms with Crippen molar-refractivity contribution < 1.29 is 4.79 Å². The maximum atomic E-state index is 12.7. The maximum absolute atomic E-state index is 12.7. The fraction of sp³-hybridized carbons (Fsp3) is 0.278. The van der Waals surface area contributed by atoms with Crippen molar-refractivity contribution in [2.75, 3.05) is 5.73 Å². The van der Waals surface area contributed by atoms with Crippen LogP contribution in [0.5, 0.6) is 0 Å². The monoisotopic (exact) mass is 267 g/mol. The number of aryl methyl sites for hydroxylation is 3. The highest BCUT2D eigenvalue weighted by molar-refractivity contribution is 6.10. The molecule has 0 aromatic heterocycles. The number of carbonyl (C=O) groups is 1. The summed E-state index contributed by atoms with van der Waals surface area (Å²) < 4.78 is 0. The molecule has 0 aliphatic rings. The summed E-state index contributed by atoms with van der Waals surface area (Å²) in [4.78, 5) is 12.7. The molecule has 2 N–H and O–H groups in total. The molecule has 2 aromatic carbocycles. The average Bonchev–Trinajstić information content (AvgIpc) is 2.48. The van der Waals surface area contributed by atoms with Gasteiger partial charge in [0.25, 0.3) is 0 Å². The van der Waals surface area contributed by atoms with Crippen molar-refractivity contribution >= 4 is 11.5 Å². The zero-order valence-electron chi connectivity index (χ0n) is 12.4. The third kappa shape index (κ3) is 2.74. The molecule has 2 rings (SSSR count). The molecule has 0 amide bonds. The molecular formula is C18H21NO. The van der Waals surface area contributed by atoms with E-state index in [0.29, 0.717) is 11.3 Å². The average molecular weight is 267 g/mol. The molecule has 0 aliphatic carbocycles. The Balaban J connectivity index is 2.48. The SMILES string of the molecule is CCc1ccc(CC)c(C(=O)c2ccc(C)c(N)c2)c1. The van der Waals surface area contributed by atoms with Gasteiger partial charge in [0.2, 0.25) is 0 Å². The molecule has 0 aliphatic heterocycles. The summed E-state index contributed by atoms with van der Waals surface area (Å²) in [5.41, 5.74) is 11.3. The maximum Gasteiger partial charge on any atom is 0.193 e. The van der Waals surface area contributed by atoms with Crippen molar-refractivity contribution in [3.05, 3.63) is 64.2 Å². The number of ketones is 1. The van der Waals surface area contributed by atoms with E-state index in [0.717, 1.165) is 29.5 Å². The van der Waals surface area contributed by atoms with Gasteiger partial charge in [-0.05, 0) is 48.6 Å². The topological polar surface area (TPSA) is 43.1 Å². The largest absolute Gasteiger partial charge is 0.398 e. The number of rotatable bonds is 4. The Morgan fingerprint density at radius 2 is 1.80 bits per heavy atom. The molecule has 2 heteroatoms. The smallest absolute Gasteiger partial charge is 0.193 e. The van der Waals surface area contributed by atoms with Crippen molar-refractivity contribution in [1.82, 2.24) is 0 Å². The van der Waals surface area contributed by atoms with Gasteiger partial charge in [0.15, 0.2) is 5.78 Å². The van der Waals surface area contributed by atoms with E-state index in [1.165, 1.54) is 5.56 Å². The number of anilines is 1. The zero-order chi connectivity index (χ0) is 14.7. The molecule has 2 aromatic rings. The molecule has 0 spiro atoms. The zero-order valence-corrected chi connectivity index (χ0v) is 12.4. The van der Waals surface area contributed by atoms with Crippen LogP contribution in [0, 0.1) is 6.92 Å². The molecule has 0 radical (unpaired) electrons. The van der Waals surface area contributed by atoms with Gasteiger partial charge in [0.05, 0.1) is 0 Å². The molecular weight excluding hydrogens is 246 g/mol. The van der Waals surface area contributed by atoms with Crippen LogP contribution in [0.3, 0.4) is 0 Å². The first-order valence-electron chi connectivity index (χ1n) is 7.09. The van der Waals surface area contributed by atoms with Gasteiger partial charge in [0, 0.05) is 16.8 Å². The minimum absolute atomic E-state index is 0.0591. The molecule has 0 saturated carbocycles. The van der Waals surface area contributed by atoms with E-state index < -0.39 is 0 Å². The van der Waals surface area contributed by atoms with Crippen LogP contribution in [-0.4, -0.2) is 5.78 Å². The Hall–Kier alpha value is -2.09. The normalized spacial score (nSPS) is 10.6. The van der Waals surface area contributed by atoms with Gasteiger partial charge in [0.1, 0.15) is 0 Å². The molecule has 104 valence electrons. The highest BCUT2D eigenvalue weighted by atomic mass is 16.1. The second kappa shape index (κ2) is 5.91. The number of nitrogens with two attached hydrogens (primary N) is 1. The molecule has 0 saturated heterocycles. The molecule has 0 unspecified atom stereocenters. The standard InChI is InChI=1S/C18H21NO/c1-4-13-7-9-14(5-2)16(10-13)18(20)15-8-6-12(3)17(19)11-15/h6-11H,4-5,19H2,1-3H3. The van der Waals surface area contributed by atoms with Gasteiger partial charge >= 0.3 is 0 Å². The molecule has 20 heavy (non-hydrogen) atoms. The van der Waals surface area contributed by atoms with E-state index in [4.69, 9.17) is 5.73 Å². The summed E-state index contributed by atoms with van der Waals surface area (Å²) in [6, 6.07) is 11.7. The van der Waals surface area contributed by atoms with Crippen LogP contribution in [-0.2, 0) is 12.8 Å². The van der Waals surface area contributed by atoms with Gasteiger partial charge < -0.3 is 5.73 Å². The highest BCUT2D eigenvalue weighted by Gasteiger charge is 2.14. The first kappa shape index (κ1) is 14.3. The van der Waals surface area contributed by atoms with Crippen LogP contribution >= 0.6 is 0 Å². The van der Waals surface area contributed by atoms with Crippen molar-refractivity contribution in [3.63, 3.8) is 0 Å². The fourth-order valence-corrected chi connectivity index (χ4v) is 2.30. The lowest BCUT2D eigenvalue weighted by Gasteiger charge is -2.10. The third-order valence-corrected chi connectivity index (χ3v) is 3.75. The highest BCUT2D eigenvalue weighted by Crippen LogP contribution is 2.20. The predicted molar refractivity (Wildman–Crippen MR) is 84.2 cm³/mol. The second-order valence-electron chi connectivity index (χ2n) is 5.10. The Labute approximate surface area is 120 Å². The van der Waals surface area contributed by atoms with Gasteiger partial charge in [-0.1, -0.05) is 38.1 Å². The van der Waals surface area contributed by atoms with Crippen molar-refractivity contribution in [2.24, 2.45) is 0 Å². The first-order chi connectivity index (χ1) is 9.56.